The van der Waals surface area contributed by atoms with Crippen LogP contribution in [-0.4, -0.2) is 29.7 Å². The molecule has 2 N–H and O–H groups in total. The van der Waals surface area contributed by atoms with E-state index in [2.05, 4.69) is 25.4 Å². The maximum atomic E-state index is 12.4. The van der Waals surface area contributed by atoms with Crippen molar-refractivity contribution in [2.75, 3.05) is 10.0 Å². The predicted octanol–water partition coefficient (Wildman–Crippen LogP) is 1.95. The highest BCUT2D eigenvalue weighted by Gasteiger charge is 2.24. The summed E-state index contributed by atoms with van der Waals surface area (Å²) in [4.78, 5) is 11.0. The van der Waals surface area contributed by atoms with E-state index in [-0.39, 0.29) is 21.3 Å². The summed E-state index contributed by atoms with van der Waals surface area (Å²) in [6.07, 6.45) is 1.41. The Morgan fingerprint density at radius 1 is 1.21 bits per heavy atom. The lowest BCUT2D eigenvalue weighted by atomic mass is 10.1. The van der Waals surface area contributed by atoms with Gasteiger partial charge in [0.15, 0.2) is 0 Å². The number of nitrogens with one attached hydrogen (secondary N) is 2. The first-order chi connectivity index (χ1) is 11.5. The summed E-state index contributed by atoms with van der Waals surface area (Å²) in [5.74, 6) is -0.401. The van der Waals surface area contributed by atoms with Crippen LogP contribution >= 0.6 is 11.3 Å². The number of aromatic nitrogens is 3. The normalized spacial score (nSPS) is 11.2. The molecule has 0 unspecified atom stereocenters. The van der Waals surface area contributed by atoms with Crippen molar-refractivity contribution < 1.29 is 17.7 Å². The maximum absolute atomic E-state index is 12.4. The molecule has 0 saturated carbocycles. The standard InChI is InChI=1S/C13H11N5O4S2/c1-8(19)15-12-16-17-13(23-12)24(20,21)18-11-10(7-14-22-11)9-5-3-2-4-6-9/h2-7,18H,1H3,(H,15,16,19). The van der Waals surface area contributed by atoms with Gasteiger partial charge in [-0.3, -0.25) is 4.79 Å². The molecule has 0 bridgehead atoms. The number of nitrogens with zero attached hydrogens (tertiary/aromatic N) is 3. The zero-order chi connectivity index (χ0) is 17.2. The lowest BCUT2D eigenvalue weighted by Gasteiger charge is -2.03. The highest BCUT2D eigenvalue weighted by molar-refractivity contribution is 7.94. The lowest BCUT2D eigenvalue weighted by molar-refractivity contribution is -0.114. The highest BCUT2D eigenvalue weighted by atomic mass is 32.2. The first-order valence-corrected chi connectivity index (χ1v) is 8.90. The fraction of sp³-hybridized carbons (Fsp3) is 0.0769. The van der Waals surface area contributed by atoms with Crippen molar-refractivity contribution in [1.82, 2.24) is 15.4 Å². The smallest absolute Gasteiger partial charge is 0.293 e. The number of amides is 1. The van der Waals surface area contributed by atoms with Crippen molar-refractivity contribution in [3.05, 3.63) is 36.5 Å². The Hall–Kier alpha value is -2.79. The second-order valence-electron chi connectivity index (χ2n) is 4.59. The summed E-state index contributed by atoms with van der Waals surface area (Å²) < 4.78 is 31.7. The number of anilines is 2. The zero-order valence-corrected chi connectivity index (χ0v) is 13.9. The van der Waals surface area contributed by atoms with E-state index < -0.39 is 10.0 Å². The van der Waals surface area contributed by atoms with Crippen LogP contribution in [0.4, 0.5) is 11.0 Å². The van der Waals surface area contributed by atoms with E-state index in [1.807, 2.05) is 18.2 Å². The molecule has 1 amide bonds. The van der Waals surface area contributed by atoms with Crippen molar-refractivity contribution in [2.24, 2.45) is 0 Å². The predicted molar refractivity (Wildman–Crippen MR) is 87.0 cm³/mol. The SMILES string of the molecule is CC(=O)Nc1nnc(S(=O)(=O)Nc2oncc2-c2ccccc2)s1. The van der Waals surface area contributed by atoms with Gasteiger partial charge in [-0.05, 0) is 5.56 Å². The summed E-state index contributed by atoms with van der Waals surface area (Å²) >= 11 is 0.725. The fourth-order valence-electron chi connectivity index (χ4n) is 1.82. The lowest BCUT2D eigenvalue weighted by Crippen LogP contribution is -2.12. The van der Waals surface area contributed by atoms with Crippen LogP contribution in [0.5, 0.6) is 0 Å². The highest BCUT2D eigenvalue weighted by Crippen LogP contribution is 2.30. The number of sulfonamides is 1. The Bertz CT molecular complexity index is 965. The van der Waals surface area contributed by atoms with Crippen molar-refractivity contribution in [3.63, 3.8) is 0 Å². The van der Waals surface area contributed by atoms with Gasteiger partial charge in [0.1, 0.15) is 0 Å². The summed E-state index contributed by atoms with van der Waals surface area (Å²) in [6, 6.07) is 9.05. The van der Waals surface area contributed by atoms with Crippen LogP contribution in [0.3, 0.4) is 0 Å². The molecule has 0 spiro atoms. The molecule has 0 radical (unpaired) electrons. The molecular formula is C13H11N5O4S2. The minimum absolute atomic E-state index is 0.0301. The monoisotopic (exact) mass is 365 g/mol. The van der Waals surface area contributed by atoms with Gasteiger partial charge in [0.05, 0.1) is 11.8 Å². The fourth-order valence-corrected chi connectivity index (χ4v) is 3.77. The second kappa shape index (κ2) is 6.37. The summed E-state index contributed by atoms with van der Waals surface area (Å²) in [6.45, 7) is 1.29. The molecule has 3 aromatic rings. The minimum atomic E-state index is -4.02. The number of rotatable bonds is 5. The number of carbonyl (C=O) groups excluding carboxylic acids is 1. The van der Waals surface area contributed by atoms with E-state index in [1.54, 1.807) is 12.1 Å². The Morgan fingerprint density at radius 3 is 2.67 bits per heavy atom. The van der Waals surface area contributed by atoms with E-state index in [0.717, 1.165) is 16.9 Å². The van der Waals surface area contributed by atoms with Crippen molar-refractivity contribution >= 4 is 38.3 Å². The molecular weight excluding hydrogens is 354 g/mol. The molecule has 0 fully saturated rings. The van der Waals surface area contributed by atoms with Crippen molar-refractivity contribution in [1.29, 1.82) is 0 Å². The third kappa shape index (κ3) is 3.41. The number of carbonyl (C=O) groups is 1. The topological polar surface area (TPSA) is 127 Å². The Kier molecular flexibility index (Phi) is 4.27. The van der Waals surface area contributed by atoms with Crippen LogP contribution < -0.4 is 10.0 Å². The number of hydrogen-bond acceptors (Lipinski definition) is 8. The van der Waals surface area contributed by atoms with E-state index >= 15 is 0 Å². The van der Waals surface area contributed by atoms with E-state index in [4.69, 9.17) is 4.52 Å². The van der Waals surface area contributed by atoms with Gasteiger partial charge in [0.2, 0.25) is 16.9 Å². The quantitative estimate of drug-likeness (QED) is 0.661. The van der Waals surface area contributed by atoms with Gasteiger partial charge in [0.25, 0.3) is 14.4 Å². The molecule has 9 nitrogen and oxygen atoms in total. The first kappa shape index (κ1) is 16.1. The third-order valence-electron chi connectivity index (χ3n) is 2.80. The Balaban J connectivity index is 1.87. The van der Waals surface area contributed by atoms with Crippen LogP contribution in [0.1, 0.15) is 6.92 Å². The maximum Gasteiger partial charge on any atom is 0.293 e. The summed E-state index contributed by atoms with van der Waals surface area (Å²) in [5, 5.41) is 13.3. The molecule has 124 valence electrons. The molecule has 11 heteroatoms. The molecule has 24 heavy (non-hydrogen) atoms. The molecule has 0 saturated heterocycles. The van der Waals surface area contributed by atoms with Gasteiger partial charge >= 0.3 is 0 Å². The molecule has 2 aromatic heterocycles. The van der Waals surface area contributed by atoms with Gasteiger partial charge in [0, 0.05) is 6.92 Å². The number of benzene rings is 1. The van der Waals surface area contributed by atoms with Crippen LogP contribution in [-0.2, 0) is 14.8 Å². The molecule has 0 aliphatic heterocycles. The molecule has 0 aliphatic carbocycles. The van der Waals surface area contributed by atoms with Gasteiger partial charge in [-0.1, -0.05) is 46.8 Å². The summed E-state index contributed by atoms with van der Waals surface area (Å²) in [7, 11) is -4.02. The van der Waals surface area contributed by atoms with Crippen LogP contribution in [0.15, 0.2) is 45.4 Å². The Morgan fingerprint density at radius 2 is 1.96 bits per heavy atom. The first-order valence-electron chi connectivity index (χ1n) is 6.60. The van der Waals surface area contributed by atoms with Gasteiger partial charge in [-0.15, -0.1) is 10.2 Å². The average Bonchev–Trinajstić information content (AvgIpc) is 3.17. The van der Waals surface area contributed by atoms with Crippen LogP contribution in [0.2, 0.25) is 0 Å². The van der Waals surface area contributed by atoms with Crippen LogP contribution in [0.25, 0.3) is 11.1 Å². The van der Waals surface area contributed by atoms with Gasteiger partial charge in [-0.25, -0.2) is 4.72 Å². The molecule has 0 aliphatic rings. The van der Waals surface area contributed by atoms with Crippen molar-refractivity contribution in [2.45, 2.75) is 11.3 Å². The number of hydrogen-bond donors (Lipinski definition) is 2. The van der Waals surface area contributed by atoms with Crippen LogP contribution in [0, 0.1) is 0 Å². The minimum Gasteiger partial charge on any atom is -0.337 e. The largest absolute Gasteiger partial charge is 0.337 e. The van der Waals surface area contributed by atoms with E-state index in [9.17, 15) is 13.2 Å². The van der Waals surface area contributed by atoms with E-state index in [1.165, 1.54) is 13.1 Å². The van der Waals surface area contributed by atoms with Gasteiger partial charge < -0.3 is 9.84 Å². The second-order valence-corrected chi connectivity index (χ2v) is 7.43. The Labute approximate surface area is 140 Å². The van der Waals surface area contributed by atoms with Gasteiger partial charge in [-0.2, -0.15) is 8.42 Å². The van der Waals surface area contributed by atoms with E-state index in [0.29, 0.717) is 5.56 Å². The zero-order valence-electron chi connectivity index (χ0n) is 12.3. The molecule has 2 heterocycles. The van der Waals surface area contributed by atoms with Crippen molar-refractivity contribution in [3.8, 4) is 11.1 Å². The molecule has 3 rings (SSSR count). The molecule has 0 atom stereocenters. The molecule has 1 aromatic carbocycles. The summed E-state index contributed by atoms with van der Waals surface area (Å²) in [5.41, 5.74) is 1.23. The average molecular weight is 365 g/mol. The third-order valence-corrected chi connectivity index (χ3v) is 5.34.